The van der Waals surface area contributed by atoms with Crippen molar-refractivity contribution in [1.29, 1.82) is 0 Å². The molecule has 0 amide bonds. The lowest BCUT2D eigenvalue weighted by Crippen LogP contribution is -2.31. The van der Waals surface area contributed by atoms with E-state index in [-0.39, 0.29) is 17.5 Å². The van der Waals surface area contributed by atoms with Crippen molar-refractivity contribution in [1.82, 2.24) is 0 Å². The minimum atomic E-state index is -2.96. The van der Waals surface area contributed by atoms with E-state index in [1.165, 1.54) is 0 Å². The summed E-state index contributed by atoms with van der Waals surface area (Å²) < 4.78 is 28.7. The van der Waals surface area contributed by atoms with Gasteiger partial charge in [-0.25, -0.2) is 8.42 Å². The van der Waals surface area contributed by atoms with Crippen LogP contribution in [-0.2, 0) is 9.84 Å². The van der Waals surface area contributed by atoms with Gasteiger partial charge in [0, 0.05) is 0 Å². The Labute approximate surface area is 123 Å². The Morgan fingerprint density at radius 2 is 2.00 bits per heavy atom. The number of hydrazone groups is 1. The Morgan fingerprint density at radius 1 is 1.19 bits per heavy atom. The first-order valence-corrected chi connectivity index (χ1v) is 8.58. The lowest BCUT2D eigenvalue weighted by molar-refractivity contribution is 0.559. The molecule has 0 aliphatic carbocycles. The molecule has 3 rings (SSSR count). The first kappa shape index (κ1) is 13.9. The molecule has 0 unspecified atom stereocenters. The third-order valence-electron chi connectivity index (χ3n) is 3.43. The predicted molar refractivity (Wildman–Crippen MR) is 82.3 cm³/mol. The van der Waals surface area contributed by atoms with E-state index in [1.807, 2.05) is 30.3 Å². The number of nitrogens with zero attached hydrogens (tertiary/aromatic N) is 2. The number of furan rings is 1. The summed E-state index contributed by atoms with van der Waals surface area (Å²) in [7, 11) is -2.96. The Morgan fingerprint density at radius 3 is 2.62 bits per heavy atom. The highest BCUT2D eigenvalue weighted by Gasteiger charge is 2.32. The van der Waals surface area contributed by atoms with Crippen molar-refractivity contribution in [2.75, 3.05) is 16.5 Å². The summed E-state index contributed by atoms with van der Waals surface area (Å²) in [6.45, 7) is 0. The number of anilines is 1. The summed E-state index contributed by atoms with van der Waals surface area (Å²) in [5.41, 5.74) is 0.877. The predicted octanol–water partition coefficient (Wildman–Crippen LogP) is 2.31. The number of sulfone groups is 1. The van der Waals surface area contributed by atoms with Crippen LogP contribution in [0.15, 0.2) is 58.2 Å². The van der Waals surface area contributed by atoms with Gasteiger partial charge < -0.3 is 4.42 Å². The number of hydrogen-bond donors (Lipinski definition) is 0. The first-order valence-electron chi connectivity index (χ1n) is 6.76. The van der Waals surface area contributed by atoms with Crippen molar-refractivity contribution in [3.05, 3.63) is 54.5 Å². The fourth-order valence-corrected chi connectivity index (χ4v) is 4.10. The Hall–Kier alpha value is -2.08. The maximum Gasteiger partial charge on any atom is 0.152 e. The highest BCUT2D eigenvalue weighted by Crippen LogP contribution is 2.24. The van der Waals surface area contributed by atoms with Gasteiger partial charge in [-0.05, 0) is 30.7 Å². The molecule has 0 radical (unpaired) electrons. The average molecular weight is 304 g/mol. The SMILES string of the molecule is O=S1(=O)CC[C@@H](N(/N=C/c2ccco2)c2ccccc2)C1. The summed E-state index contributed by atoms with van der Waals surface area (Å²) in [6.07, 6.45) is 3.78. The zero-order chi connectivity index (χ0) is 14.7. The highest BCUT2D eigenvalue weighted by molar-refractivity contribution is 7.91. The van der Waals surface area contributed by atoms with E-state index in [4.69, 9.17) is 4.42 Å². The van der Waals surface area contributed by atoms with E-state index in [2.05, 4.69) is 5.10 Å². The molecule has 1 saturated heterocycles. The van der Waals surface area contributed by atoms with E-state index < -0.39 is 9.84 Å². The molecule has 6 heteroatoms. The van der Waals surface area contributed by atoms with Gasteiger partial charge in [-0.1, -0.05) is 18.2 Å². The van der Waals surface area contributed by atoms with Crippen LogP contribution in [0.2, 0.25) is 0 Å². The molecule has 110 valence electrons. The van der Waals surface area contributed by atoms with Crippen LogP contribution in [0, 0.1) is 0 Å². The van der Waals surface area contributed by atoms with Crippen molar-refractivity contribution >= 4 is 21.7 Å². The van der Waals surface area contributed by atoms with Crippen molar-refractivity contribution in [3.63, 3.8) is 0 Å². The van der Waals surface area contributed by atoms with Gasteiger partial charge in [0.1, 0.15) is 5.76 Å². The first-order chi connectivity index (χ1) is 10.1. The Bertz CT molecular complexity index is 709. The maximum absolute atomic E-state index is 11.7. The van der Waals surface area contributed by atoms with Crippen LogP contribution in [0.25, 0.3) is 0 Å². The second-order valence-electron chi connectivity index (χ2n) is 5.00. The van der Waals surface area contributed by atoms with Gasteiger partial charge in [-0.15, -0.1) is 0 Å². The number of para-hydroxylation sites is 1. The molecule has 1 fully saturated rings. The fourth-order valence-electron chi connectivity index (χ4n) is 2.40. The molecule has 1 aromatic heterocycles. The standard InChI is InChI=1S/C15H16N2O3S/c18-21(19)10-8-14(12-21)17(13-5-2-1-3-6-13)16-11-15-7-4-9-20-15/h1-7,9,11,14H,8,10,12H2/b16-11+/t14-/m1/s1. The van der Waals surface area contributed by atoms with Gasteiger partial charge >= 0.3 is 0 Å². The summed E-state index contributed by atoms with van der Waals surface area (Å²) in [5.74, 6) is 0.992. The van der Waals surface area contributed by atoms with Gasteiger partial charge in [0.15, 0.2) is 9.84 Å². The summed E-state index contributed by atoms with van der Waals surface area (Å²) in [6, 6.07) is 13.0. The van der Waals surface area contributed by atoms with Crippen LogP contribution in [0.5, 0.6) is 0 Å². The second kappa shape index (κ2) is 5.73. The van der Waals surface area contributed by atoms with Gasteiger partial charge in [0.25, 0.3) is 0 Å². The van der Waals surface area contributed by atoms with E-state index in [1.54, 1.807) is 29.6 Å². The van der Waals surface area contributed by atoms with Crippen molar-refractivity contribution < 1.29 is 12.8 Å². The molecular formula is C15H16N2O3S. The Balaban J connectivity index is 1.88. The van der Waals surface area contributed by atoms with E-state index in [0.29, 0.717) is 12.2 Å². The number of benzene rings is 1. The quantitative estimate of drug-likeness (QED) is 0.642. The minimum absolute atomic E-state index is 0.136. The second-order valence-corrected chi connectivity index (χ2v) is 7.23. The van der Waals surface area contributed by atoms with Crippen LogP contribution in [0.3, 0.4) is 0 Å². The molecule has 2 heterocycles. The molecule has 1 aliphatic heterocycles. The third-order valence-corrected chi connectivity index (χ3v) is 5.18. The van der Waals surface area contributed by atoms with Crippen LogP contribution >= 0.6 is 0 Å². The van der Waals surface area contributed by atoms with E-state index >= 15 is 0 Å². The molecule has 5 nitrogen and oxygen atoms in total. The van der Waals surface area contributed by atoms with Gasteiger partial charge in [0.2, 0.25) is 0 Å². The molecule has 0 spiro atoms. The van der Waals surface area contributed by atoms with Crippen molar-refractivity contribution in [3.8, 4) is 0 Å². The minimum Gasteiger partial charge on any atom is -0.463 e. The molecule has 0 N–H and O–H groups in total. The zero-order valence-electron chi connectivity index (χ0n) is 11.4. The molecule has 0 saturated carbocycles. The summed E-state index contributed by atoms with van der Waals surface area (Å²) in [4.78, 5) is 0. The molecule has 1 aliphatic rings. The Kier molecular flexibility index (Phi) is 3.79. The number of rotatable bonds is 4. The van der Waals surface area contributed by atoms with Crippen LogP contribution in [-0.4, -0.2) is 32.2 Å². The zero-order valence-corrected chi connectivity index (χ0v) is 12.2. The third kappa shape index (κ3) is 3.33. The summed E-state index contributed by atoms with van der Waals surface area (Å²) >= 11 is 0. The van der Waals surface area contributed by atoms with E-state index in [0.717, 1.165) is 5.69 Å². The lowest BCUT2D eigenvalue weighted by Gasteiger charge is -2.24. The smallest absolute Gasteiger partial charge is 0.152 e. The summed E-state index contributed by atoms with van der Waals surface area (Å²) in [5, 5.41) is 6.21. The molecular weight excluding hydrogens is 288 g/mol. The van der Waals surface area contributed by atoms with Crippen LogP contribution in [0.4, 0.5) is 5.69 Å². The van der Waals surface area contributed by atoms with Gasteiger partial charge in [-0.2, -0.15) is 5.10 Å². The largest absolute Gasteiger partial charge is 0.463 e. The van der Waals surface area contributed by atoms with Crippen LogP contribution < -0.4 is 5.01 Å². The topological polar surface area (TPSA) is 62.9 Å². The molecule has 1 aromatic carbocycles. The van der Waals surface area contributed by atoms with Gasteiger partial charge in [0.05, 0.1) is 35.7 Å². The number of hydrogen-bond acceptors (Lipinski definition) is 5. The van der Waals surface area contributed by atoms with Crippen LogP contribution in [0.1, 0.15) is 12.2 Å². The highest BCUT2D eigenvalue weighted by atomic mass is 32.2. The van der Waals surface area contributed by atoms with Gasteiger partial charge in [-0.3, -0.25) is 5.01 Å². The monoisotopic (exact) mass is 304 g/mol. The fraction of sp³-hybridized carbons (Fsp3) is 0.267. The lowest BCUT2D eigenvalue weighted by atomic mass is 10.2. The molecule has 2 aromatic rings. The van der Waals surface area contributed by atoms with Crippen molar-refractivity contribution in [2.24, 2.45) is 5.10 Å². The molecule has 0 bridgehead atoms. The molecule has 1 atom stereocenters. The average Bonchev–Trinajstić information content (AvgIpc) is 3.10. The molecule has 21 heavy (non-hydrogen) atoms. The maximum atomic E-state index is 11.7. The normalized spacial score (nSPS) is 20.9. The van der Waals surface area contributed by atoms with E-state index in [9.17, 15) is 8.42 Å². The van der Waals surface area contributed by atoms with Crippen molar-refractivity contribution in [2.45, 2.75) is 12.5 Å².